The Balaban J connectivity index is 1.66. The lowest BCUT2D eigenvalue weighted by molar-refractivity contribution is -0.117. The third kappa shape index (κ3) is 2.81. The van der Waals surface area contributed by atoms with Gasteiger partial charge in [-0.25, -0.2) is 0 Å². The zero-order valence-corrected chi connectivity index (χ0v) is 12.1. The number of carbonyl (C=O) groups is 2. The number of anilines is 1. The van der Waals surface area contributed by atoms with E-state index >= 15 is 0 Å². The summed E-state index contributed by atoms with van der Waals surface area (Å²) in [7, 11) is 1.59. The predicted molar refractivity (Wildman–Crippen MR) is 79.9 cm³/mol. The minimum absolute atomic E-state index is 0.0186. The van der Waals surface area contributed by atoms with Crippen LogP contribution in [-0.4, -0.2) is 31.5 Å². The number of hydrogen-bond donors (Lipinski definition) is 1. The first kappa shape index (κ1) is 14.2. The van der Waals surface area contributed by atoms with Crippen LogP contribution in [0.4, 0.5) is 5.69 Å². The van der Waals surface area contributed by atoms with Crippen LogP contribution in [0.5, 0.6) is 5.75 Å². The maximum absolute atomic E-state index is 12.1. The molecule has 1 fully saturated rings. The third-order valence-corrected chi connectivity index (χ3v) is 3.59. The molecule has 2 heterocycles. The van der Waals surface area contributed by atoms with Crippen molar-refractivity contribution in [3.8, 4) is 5.75 Å². The van der Waals surface area contributed by atoms with Crippen LogP contribution in [0.1, 0.15) is 17.0 Å². The molecule has 0 unspecified atom stereocenters. The molecule has 1 saturated heterocycles. The maximum atomic E-state index is 12.1. The fourth-order valence-corrected chi connectivity index (χ4v) is 2.48. The highest BCUT2D eigenvalue weighted by Gasteiger charge is 2.32. The van der Waals surface area contributed by atoms with Crippen molar-refractivity contribution in [1.29, 1.82) is 0 Å². The molecule has 2 aromatic rings. The summed E-state index contributed by atoms with van der Waals surface area (Å²) >= 11 is 0. The highest BCUT2D eigenvalue weighted by atomic mass is 16.5. The van der Waals surface area contributed by atoms with Crippen LogP contribution in [0.2, 0.25) is 0 Å². The highest BCUT2D eigenvalue weighted by Crippen LogP contribution is 2.24. The number of methoxy groups -OCH3 is 1. The molecule has 1 N–H and O–H groups in total. The van der Waals surface area contributed by atoms with Crippen molar-refractivity contribution in [2.45, 2.75) is 12.5 Å². The van der Waals surface area contributed by atoms with Crippen molar-refractivity contribution in [3.05, 3.63) is 48.4 Å². The van der Waals surface area contributed by atoms with Crippen LogP contribution in [0.25, 0.3) is 0 Å². The van der Waals surface area contributed by atoms with E-state index in [9.17, 15) is 9.59 Å². The third-order valence-electron chi connectivity index (χ3n) is 3.59. The first-order valence-electron chi connectivity index (χ1n) is 6.96. The van der Waals surface area contributed by atoms with Crippen molar-refractivity contribution < 1.29 is 18.7 Å². The van der Waals surface area contributed by atoms with Gasteiger partial charge in [-0.05, 0) is 36.4 Å². The van der Waals surface area contributed by atoms with Gasteiger partial charge in [0.25, 0.3) is 5.91 Å². The van der Waals surface area contributed by atoms with Gasteiger partial charge in [-0.15, -0.1) is 0 Å². The predicted octanol–water partition coefficient (Wildman–Crippen LogP) is 1.82. The SMILES string of the molecule is COc1ccc(N2C[C@@H](NC(=O)c3ccco3)CC2=O)cc1. The second-order valence-electron chi connectivity index (χ2n) is 5.05. The lowest BCUT2D eigenvalue weighted by Crippen LogP contribution is -2.37. The van der Waals surface area contributed by atoms with E-state index in [2.05, 4.69) is 5.32 Å². The number of nitrogens with one attached hydrogen (secondary N) is 1. The Bertz CT molecular complexity index is 664. The van der Waals surface area contributed by atoms with Crippen LogP contribution in [0.3, 0.4) is 0 Å². The van der Waals surface area contributed by atoms with E-state index in [-0.39, 0.29) is 30.0 Å². The molecule has 1 atom stereocenters. The molecule has 3 rings (SSSR count). The largest absolute Gasteiger partial charge is 0.497 e. The van der Waals surface area contributed by atoms with Crippen LogP contribution in [0.15, 0.2) is 47.1 Å². The van der Waals surface area contributed by atoms with Gasteiger partial charge in [-0.2, -0.15) is 0 Å². The molecule has 22 heavy (non-hydrogen) atoms. The molecule has 0 radical (unpaired) electrons. The molecule has 6 heteroatoms. The standard InChI is InChI=1S/C16H16N2O4/c1-21-13-6-4-12(5-7-13)18-10-11(9-15(18)19)17-16(20)14-3-2-8-22-14/h2-8,11H,9-10H2,1H3,(H,17,20)/t11-/m0/s1. The topological polar surface area (TPSA) is 71.8 Å². The monoisotopic (exact) mass is 300 g/mol. The Labute approximate surface area is 127 Å². The number of furan rings is 1. The molecule has 114 valence electrons. The van der Waals surface area contributed by atoms with Gasteiger partial charge in [0.05, 0.1) is 19.4 Å². The summed E-state index contributed by atoms with van der Waals surface area (Å²) in [6.07, 6.45) is 1.72. The van der Waals surface area contributed by atoms with Crippen LogP contribution in [-0.2, 0) is 4.79 Å². The van der Waals surface area contributed by atoms with Gasteiger partial charge in [-0.1, -0.05) is 0 Å². The second-order valence-corrected chi connectivity index (χ2v) is 5.05. The van der Waals surface area contributed by atoms with Gasteiger partial charge in [0.15, 0.2) is 5.76 Å². The van der Waals surface area contributed by atoms with Crippen molar-refractivity contribution in [2.24, 2.45) is 0 Å². The molecule has 1 aliphatic heterocycles. The van der Waals surface area contributed by atoms with E-state index in [1.807, 2.05) is 12.1 Å². The first-order chi connectivity index (χ1) is 10.7. The Morgan fingerprint density at radius 3 is 2.73 bits per heavy atom. The molecular weight excluding hydrogens is 284 g/mol. The molecule has 0 aliphatic carbocycles. The fourth-order valence-electron chi connectivity index (χ4n) is 2.48. The number of carbonyl (C=O) groups excluding carboxylic acids is 2. The first-order valence-corrected chi connectivity index (χ1v) is 6.96. The molecule has 0 spiro atoms. The van der Waals surface area contributed by atoms with E-state index in [1.54, 1.807) is 36.3 Å². The summed E-state index contributed by atoms with van der Waals surface area (Å²) in [5.74, 6) is 0.655. The molecule has 1 aromatic heterocycles. The van der Waals surface area contributed by atoms with Crippen LogP contribution < -0.4 is 15.0 Å². The molecule has 6 nitrogen and oxygen atoms in total. The zero-order valence-electron chi connectivity index (χ0n) is 12.1. The minimum atomic E-state index is -0.306. The smallest absolute Gasteiger partial charge is 0.287 e. The van der Waals surface area contributed by atoms with Crippen LogP contribution in [0, 0.1) is 0 Å². The molecule has 0 bridgehead atoms. The highest BCUT2D eigenvalue weighted by molar-refractivity contribution is 5.98. The lowest BCUT2D eigenvalue weighted by atomic mass is 10.2. The Morgan fingerprint density at radius 1 is 1.32 bits per heavy atom. The average molecular weight is 300 g/mol. The summed E-state index contributed by atoms with van der Waals surface area (Å²) in [5, 5.41) is 2.81. The summed E-state index contributed by atoms with van der Waals surface area (Å²) < 4.78 is 10.1. The number of benzene rings is 1. The van der Waals surface area contributed by atoms with E-state index in [0.717, 1.165) is 11.4 Å². The van der Waals surface area contributed by atoms with Crippen molar-refractivity contribution >= 4 is 17.5 Å². The quantitative estimate of drug-likeness (QED) is 0.935. The van der Waals surface area contributed by atoms with Crippen molar-refractivity contribution in [3.63, 3.8) is 0 Å². The normalized spacial score (nSPS) is 17.6. The lowest BCUT2D eigenvalue weighted by Gasteiger charge is -2.17. The second kappa shape index (κ2) is 5.93. The Hall–Kier alpha value is -2.76. The number of amides is 2. The maximum Gasteiger partial charge on any atom is 0.287 e. The summed E-state index contributed by atoms with van der Waals surface area (Å²) in [6, 6.07) is 10.3. The molecule has 0 saturated carbocycles. The average Bonchev–Trinajstić information content (AvgIpc) is 3.17. The molecule has 2 amide bonds. The summed E-state index contributed by atoms with van der Waals surface area (Å²) in [4.78, 5) is 25.7. The Kier molecular flexibility index (Phi) is 3.82. The molecule has 1 aliphatic rings. The van der Waals surface area contributed by atoms with Gasteiger partial charge in [0.1, 0.15) is 5.75 Å². The van der Waals surface area contributed by atoms with E-state index in [1.165, 1.54) is 6.26 Å². The van der Waals surface area contributed by atoms with Gasteiger partial charge in [0.2, 0.25) is 5.91 Å². The Morgan fingerprint density at radius 2 is 2.09 bits per heavy atom. The van der Waals surface area contributed by atoms with Gasteiger partial charge < -0.3 is 19.4 Å². The van der Waals surface area contributed by atoms with Crippen LogP contribution >= 0.6 is 0 Å². The van der Waals surface area contributed by atoms with Gasteiger partial charge in [0, 0.05) is 18.7 Å². The van der Waals surface area contributed by atoms with E-state index in [4.69, 9.17) is 9.15 Å². The number of hydrogen-bond acceptors (Lipinski definition) is 4. The number of nitrogens with zero attached hydrogens (tertiary/aromatic N) is 1. The molecular formula is C16H16N2O4. The summed E-state index contributed by atoms with van der Waals surface area (Å²) in [6.45, 7) is 0.442. The van der Waals surface area contributed by atoms with Gasteiger partial charge in [-0.3, -0.25) is 9.59 Å². The summed E-state index contributed by atoms with van der Waals surface area (Å²) in [5.41, 5.74) is 0.792. The molecule has 1 aromatic carbocycles. The fraction of sp³-hybridized carbons (Fsp3) is 0.250. The van der Waals surface area contributed by atoms with Crippen molar-refractivity contribution in [2.75, 3.05) is 18.6 Å². The van der Waals surface area contributed by atoms with E-state index in [0.29, 0.717) is 6.54 Å². The number of ether oxygens (including phenoxy) is 1. The minimum Gasteiger partial charge on any atom is -0.497 e. The van der Waals surface area contributed by atoms with E-state index < -0.39 is 0 Å². The van der Waals surface area contributed by atoms with Gasteiger partial charge >= 0.3 is 0 Å². The number of rotatable bonds is 4. The zero-order chi connectivity index (χ0) is 15.5. The van der Waals surface area contributed by atoms with Crippen molar-refractivity contribution in [1.82, 2.24) is 5.32 Å².